The van der Waals surface area contributed by atoms with Gasteiger partial charge in [-0.15, -0.1) is 11.3 Å². The summed E-state index contributed by atoms with van der Waals surface area (Å²) in [6.07, 6.45) is 1.79. The van der Waals surface area contributed by atoms with Gasteiger partial charge < -0.3 is 10.1 Å². The molecule has 0 atom stereocenters. The van der Waals surface area contributed by atoms with Crippen LogP contribution in [0.3, 0.4) is 0 Å². The lowest BCUT2D eigenvalue weighted by Crippen LogP contribution is -1.99. The van der Waals surface area contributed by atoms with E-state index in [0.717, 1.165) is 10.6 Å². The predicted molar refractivity (Wildman–Crippen MR) is 67.0 cm³/mol. The Morgan fingerprint density at radius 3 is 3.00 bits per heavy atom. The zero-order valence-electron chi connectivity index (χ0n) is 9.44. The van der Waals surface area contributed by atoms with Crippen LogP contribution in [0.4, 0.5) is 10.1 Å². The van der Waals surface area contributed by atoms with Crippen LogP contribution in [-0.2, 0) is 6.54 Å². The maximum absolute atomic E-state index is 13.5. The quantitative estimate of drug-likeness (QED) is 0.886. The van der Waals surface area contributed by atoms with Crippen molar-refractivity contribution in [3.05, 3.63) is 40.6 Å². The van der Waals surface area contributed by atoms with E-state index in [1.54, 1.807) is 35.2 Å². The van der Waals surface area contributed by atoms with Crippen molar-refractivity contribution in [2.24, 2.45) is 0 Å². The van der Waals surface area contributed by atoms with Gasteiger partial charge in [0.1, 0.15) is 0 Å². The third-order valence-electron chi connectivity index (χ3n) is 2.18. The molecular weight excluding hydrogens is 239 g/mol. The predicted octanol–water partition coefficient (Wildman–Crippen LogP) is 3.29. The number of nitrogens with zero attached hydrogens (tertiary/aromatic N) is 1. The van der Waals surface area contributed by atoms with Crippen molar-refractivity contribution >= 4 is 17.0 Å². The van der Waals surface area contributed by atoms with Crippen molar-refractivity contribution in [3.63, 3.8) is 0 Å². The number of benzene rings is 1. The first-order chi connectivity index (χ1) is 8.29. The number of anilines is 1. The van der Waals surface area contributed by atoms with Crippen LogP contribution in [-0.4, -0.2) is 11.6 Å². The minimum absolute atomic E-state index is 0.288. The maximum atomic E-state index is 13.5. The lowest BCUT2D eigenvalue weighted by atomic mass is 10.3. The topological polar surface area (TPSA) is 34.1 Å². The lowest BCUT2D eigenvalue weighted by Gasteiger charge is -2.08. The van der Waals surface area contributed by atoms with Crippen molar-refractivity contribution in [1.29, 1.82) is 0 Å². The summed E-state index contributed by atoms with van der Waals surface area (Å²) in [5.41, 5.74) is 2.51. The minimum Gasteiger partial charge on any atom is -0.491 e. The molecule has 0 amide bonds. The Bertz CT molecular complexity index is 473. The normalized spacial score (nSPS) is 10.2. The van der Waals surface area contributed by atoms with Crippen LogP contribution in [0, 0.1) is 5.82 Å². The molecule has 0 saturated carbocycles. The molecule has 90 valence electrons. The fourth-order valence-electron chi connectivity index (χ4n) is 1.40. The molecule has 1 aromatic carbocycles. The summed E-state index contributed by atoms with van der Waals surface area (Å²) in [5, 5.41) is 3.13. The Balaban J connectivity index is 2.00. The van der Waals surface area contributed by atoms with E-state index in [2.05, 4.69) is 10.3 Å². The van der Waals surface area contributed by atoms with Gasteiger partial charge in [-0.25, -0.2) is 4.39 Å². The number of ether oxygens (including phenoxy) is 1. The SMILES string of the molecule is CCOc1ccc(NCc2cncs2)cc1F. The molecular formula is C12H13FN2OS. The highest BCUT2D eigenvalue weighted by molar-refractivity contribution is 7.09. The van der Waals surface area contributed by atoms with Gasteiger partial charge in [0.05, 0.1) is 18.7 Å². The largest absolute Gasteiger partial charge is 0.491 e. The van der Waals surface area contributed by atoms with E-state index in [0.29, 0.717) is 13.2 Å². The third-order valence-corrected chi connectivity index (χ3v) is 2.96. The molecule has 17 heavy (non-hydrogen) atoms. The van der Waals surface area contributed by atoms with E-state index in [4.69, 9.17) is 4.74 Å². The second-order valence-corrected chi connectivity index (χ2v) is 4.37. The molecule has 0 aliphatic rings. The zero-order valence-corrected chi connectivity index (χ0v) is 10.3. The fourth-order valence-corrected chi connectivity index (χ4v) is 1.94. The molecule has 0 bridgehead atoms. The molecule has 1 heterocycles. The summed E-state index contributed by atoms with van der Waals surface area (Å²) in [6, 6.07) is 4.87. The van der Waals surface area contributed by atoms with Gasteiger partial charge in [0.25, 0.3) is 0 Å². The summed E-state index contributed by atoms with van der Waals surface area (Å²) in [5.74, 6) is -0.0583. The summed E-state index contributed by atoms with van der Waals surface area (Å²) in [7, 11) is 0. The third kappa shape index (κ3) is 3.17. The summed E-state index contributed by atoms with van der Waals surface area (Å²) < 4.78 is 18.7. The first kappa shape index (κ1) is 11.9. The minimum atomic E-state index is -0.346. The van der Waals surface area contributed by atoms with Crippen LogP contribution < -0.4 is 10.1 Å². The second-order valence-electron chi connectivity index (χ2n) is 3.40. The maximum Gasteiger partial charge on any atom is 0.167 e. The van der Waals surface area contributed by atoms with Crippen molar-refractivity contribution in [2.45, 2.75) is 13.5 Å². The number of hydrogen-bond donors (Lipinski definition) is 1. The van der Waals surface area contributed by atoms with Gasteiger partial charge in [-0.2, -0.15) is 0 Å². The standard InChI is InChI=1S/C12H13FN2OS/c1-2-16-12-4-3-9(5-11(12)13)15-7-10-6-14-8-17-10/h3-6,8,15H,2,7H2,1H3. The number of halogens is 1. The van der Waals surface area contributed by atoms with Crippen LogP contribution in [0.5, 0.6) is 5.75 Å². The summed E-state index contributed by atoms with van der Waals surface area (Å²) in [6.45, 7) is 2.94. The van der Waals surface area contributed by atoms with Crippen molar-refractivity contribution in [2.75, 3.05) is 11.9 Å². The van der Waals surface area contributed by atoms with Gasteiger partial charge >= 0.3 is 0 Å². The zero-order chi connectivity index (χ0) is 12.1. The monoisotopic (exact) mass is 252 g/mol. The molecule has 0 aliphatic heterocycles. The Kier molecular flexibility index (Phi) is 3.93. The molecule has 0 aliphatic carbocycles. The Morgan fingerprint density at radius 2 is 2.35 bits per heavy atom. The van der Waals surface area contributed by atoms with E-state index in [-0.39, 0.29) is 11.6 Å². The smallest absolute Gasteiger partial charge is 0.167 e. The first-order valence-corrected chi connectivity index (χ1v) is 6.21. The van der Waals surface area contributed by atoms with E-state index in [9.17, 15) is 4.39 Å². The van der Waals surface area contributed by atoms with Crippen LogP contribution in [0.15, 0.2) is 29.9 Å². The number of thiazole rings is 1. The van der Waals surface area contributed by atoms with Crippen molar-refractivity contribution in [3.8, 4) is 5.75 Å². The van der Waals surface area contributed by atoms with Gasteiger partial charge in [0, 0.05) is 22.8 Å². The van der Waals surface area contributed by atoms with Crippen molar-refractivity contribution in [1.82, 2.24) is 4.98 Å². The Morgan fingerprint density at radius 1 is 1.47 bits per heavy atom. The number of rotatable bonds is 5. The number of hydrogen-bond acceptors (Lipinski definition) is 4. The highest BCUT2D eigenvalue weighted by Gasteiger charge is 2.04. The molecule has 0 saturated heterocycles. The van der Waals surface area contributed by atoms with E-state index < -0.39 is 0 Å². The lowest BCUT2D eigenvalue weighted by molar-refractivity contribution is 0.321. The van der Waals surface area contributed by atoms with Gasteiger partial charge in [0.15, 0.2) is 11.6 Å². The molecule has 2 rings (SSSR count). The van der Waals surface area contributed by atoms with E-state index in [1.807, 2.05) is 6.92 Å². The molecule has 3 nitrogen and oxygen atoms in total. The fraction of sp³-hybridized carbons (Fsp3) is 0.250. The number of aromatic nitrogens is 1. The molecule has 0 fully saturated rings. The molecule has 0 radical (unpaired) electrons. The van der Waals surface area contributed by atoms with E-state index in [1.165, 1.54) is 6.07 Å². The van der Waals surface area contributed by atoms with E-state index >= 15 is 0 Å². The average Bonchev–Trinajstić information content (AvgIpc) is 2.83. The van der Waals surface area contributed by atoms with Gasteiger partial charge in [-0.3, -0.25) is 4.98 Å². The van der Waals surface area contributed by atoms with Crippen LogP contribution in [0.2, 0.25) is 0 Å². The Labute approximate surface area is 103 Å². The van der Waals surface area contributed by atoms with Crippen LogP contribution in [0.1, 0.15) is 11.8 Å². The highest BCUT2D eigenvalue weighted by atomic mass is 32.1. The molecule has 0 spiro atoms. The van der Waals surface area contributed by atoms with Crippen molar-refractivity contribution < 1.29 is 9.13 Å². The first-order valence-electron chi connectivity index (χ1n) is 5.33. The number of nitrogens with one attached hydrogen (secondary N) is 1. The summed E-state index contributed by atoms with van der Waals surface area (Å²) in [4.78, 5) is 5.09. The summed E-state index contributed by atoms with van der Waals surface area (Å²) >= 11 is 1.57. The highest BCUT2D eigenvalue weighted by Crippen LogP contribution is 2.21. The molecule has 0 unspecified atom stereocenters. The van der Waals surface area contributed by atoms with Gasteiger partial charge in [-0.1, -0.05) is 0 Å². The van der Waals surface area contributed by atoms with Gasteiger partial charge in [-0.05, 0) is 19.1 Å². The molecule has 1 aromatic heterocycles. The molecule has 1 N–H and O–H groups in total. The van der Waals surface area contributed by atoms with Crippen LogP contribution >= 0.6 is 11.3 Å². The molecule has 2 aromatic rings. The van der Waals surface area contributed by atoms with Gasteiger partial charge in [0.2, 0.25) is 0 Å². The Hall–Kier alpha value is -1.62. The molecule has 5 heteroatoms. The van der Waals surface area contributed by atoms with Crippen LogP contribution in [0.25, 0.3) is 0 Å². The average molecular weight is 252 g/mol. The second kappa shape index (κ2) is 5.63.